The quantitative estimate of drug-likeness (QED) is 0.530. The monoisotopic (exact) mass is 276 g/mol. The number of hydrogen-bond donors (Lipinski definition) is 0. The summed E-state index contributed by atoms with van der Waals surface area (Å²) in [6, 6.07) is 0. The van der Waals surface area contributed by atoms with E-state index in [1.165, 1.54) is 6.08 Å². The zero-order valence-corrected chi connectivity index (χ0v) is 11.1. The molecule has 0 N–H and O–H groups in total. The van der Waals surface area contributed by atoms with Crippen LogP contribution < -0.4 is 0 Å². The lowest BCUT2D eigenvalue weighted by atomic mass is 9.94. The molecule has 7 heteroatoms. The SMILES string of the molecule is CCOC(=O)C(C(=O)OCC)[C@@H]1C=CS(=O)(=O)C1. The average Bonchev–Trinajstić information content (AvgIpc) is 2.59. The van der Waals surface area contributed by atoms with Crippen molar-refractivity contribution in [3.8, 4) is 0 Å². The van der Waals surface area contributed by atoms with E-state index in [0.717, 1.165) is 5.41 Å². The largest absolute Gasteiger partial charge is 0.465 e. The first-order chi connectivity index (χ1) is 8.41. The van der Waals surface area contributed by atoms with Gasteiger partial charge in [-0.2, -0.15) is 0 Å². The Balaban J connectivity index is 2.88. The lowest BCUT2D eigenvalue weighted by Crippen LogP contribution is -2.35. The Hall–Kier alpha value is -1.37. The molecule has 0 aromatic rings. The van der Waals surface area contributed by atoms with Gasteiger partial charge in [-0.25, -0.2) is 8.42 Å². The highest BCUT2D eigenvalue weighted by Crippen LogP contribution is 2.25. The van der Waals surface area contributed by atoms with Crippen molar-refractivity contribution in [2.75, 3.05) is 19.0 Å². The summed E-state index contributed by atoms with van der Waals surface area (Å²) >= 11 is 0. The van der Waals surface area contributed by atoms with Crippen LogP contribution in [-0.2, 0) is 28.9 Å². The second-order valence-corrected chi connectivity index (χ2v) is 5.73. The Morgan fingerprint density at radius 2 is 1.72 bits per heavy atom. The van der Waals surface area contributed by atoms with Crippen LogP contribution >= 0.6 is 0 Å². The topological polar surface area (TPSA) is 86.7 Å². The molecule has 0 saturated heterocycles. The molecule has 1 aliphatic heterocycles. The van der Waals surface area contributed by atoms with Gasteiger partial charge in [-0.05, 0) is 13.8 Å². The van der Waals surface area contributed by atoms with Gasteiger partial charge in [0.25, 0.3) is 0 Å². The van der Waals surface area contributed by atoms with Crippen LogP contribution in [0.1, 0.15) is 13.8 Å². The van der Waals surface area contributed by atoms with E-state index in [9.17, 15) is 18.0 Å². The molecule has 1 heterocycles. The number of ether oxygens (including phenoxy) is 2. The lowest BCUT2D eigenvalue weighted by molar-refractivity contribution is -0.163. The maximum atomic E-state index is 11.7. The maximum Gasteiger partial charge on any atom is 0.320 e. The van der Waals surface area contributed by atoms with Gasteiger partial charge in [-0.15, -0.1) is 0 Å². The average molecular weight is 276 g/mol. The number of rotatable bonds is 5. The molecule has 6 nitrogen and oxygen atoms in total. The molecule has 0 bridgehead atoms. The van der Waals surface area contributed by atoms with Crippen LogP contribution in [0.25, 0.3) is 0 Å². The smallest absolute Gasteiger partial charge is 0.320 e. The fourth-order valence-corrected chi connectivity index (χ4v) is 3.11. The van der Waals surface area contributed by atoms with Gasteiger partial charge >= 0.3 is 11.9 Å². The minimum atomic E-state index is -3.33. The van der Waals surface area contributed by atoms with Crippen molar-refractivity contribution in [3.05, 3.63) is 11.5 Å². The molecule has 102 valence electrons. The van der Waals surface area contributed by atoms with Crippen molar-refractivity contribution in [2.24, 2.45) is 11.8 Å². The zero-order chi connectivity index (χ0) is 13.8. The first-order valence-electron chi connectivity index (χ1n) is 5.65. The van der Waals surface area contributed by atoms with Crippen LogP contribution in [0.15, 0.2) is 11.5 Å². The normalized spacial score (nSPS) is 20.9. The molecule has 1 aliphatic rings. The van der Waals surface area contributed by atoms with Crippen LogP contribution in [0.2, 0.25) is 0 Å². The summed E-state index contributed by atoms with van der Waals surface area (Å²) in [7, 11) is -3.33. The minimum absolute atomic E-state index is 0.123. The predicted octanol–water partition coefficient (Wildman–Crippen LogP) is 0.287. The molecular formula is C11H16O6S. The first kappa shape index (κ1) is 14.7. The number of hydrogen-bond acceptors (Lipinski definition) is 6. The fourth-order valence-electron chi connectivity index (χ4n) is 1.72. The zero-order valence-electron chi connectivity index (χ0n) is 10.3. The van der Waals surface area contributed by atoms with Crippen molar-refractivity contribution in [3.63, 3.8) is 0 Å². The molecule has 0 aromatic carbocycles. The van der Waals surface area contributed by atoms with E-state index in [2.05, 4.69) is 0 Å². The van der Waals surface area contributed by atoms with Gasteiger partial charge in [0.05, 0.1) is 19.0 Å². The minimum Gasteiger partial charge on any atom is -0.465 e. The summed E-state index contributed by atoms with van der Waals surface area (Å²) in [5.74, 6) is -3.69. The van der Waals surface area contributed by atoms with E-state index >= 15 is 0 Å². The highest BCUT2D eigenvalue weighted by Gasteiger charge is 2.40. The fraction of sp³-hybridized carbons (Fsp3) is 0.636. The Morgan fingerprint density at radius 1 is 1.22 bits per heavy atom. The molecule has 0 fully saturated rings. The van der Waals surface area contributed by atoms with Crippen LogP contribution in [0.3, 0.4) is 0 Å². The van der Waals surface area contributed by atoms with E-state index in [-0.39, 0.29) is 19.0 Å². The van der Waals surface area contributed by atoms with E-state index < -0.39 is 33.6 Å². The van der Waals surface area contributed by atoms with Crippen molar-refractivity contribution in [1.29, 1.82) is 0 Å². The van der Waals surface area contributed by atoms with Crippen LogP contribution in [0.5, 0.6) is 0 Å². The maximum absolute atomic E-state index is 11.7. The van der Waals surface area contributed by atoms with Crippen molar-refractivity contribution in [2.45, 2.75) is 13.8 Å². The molecule has 18 heavy (non-hydrogen) atoms. The highest BCUT2D eigenvalue weighted by atomic mass is 32.2. The van der Waals surface area contributed by atoms with Crippen LogP contribution in [0, 0.1) is 11.8 Å². The molecular weight excluding hydrogens is 260 g/mol. The third kappa shape index (κ3) is 3.56. The molecule has 0 unspecified atom stereocenters. The predicted molar refractivity (Wildman–Crippen MR) is 63.2 cm³/mol. The number of allylic oxidation sites excluding steroid dienone is 1. The first-order valence-corrected chi connectivity index (χ1v) is 7.37. The molecule has 0 radical (unpaired) electrons. The van der Waals surface area contributed by atoms with Gasteiger partial charge in [0, 0.05) is 11.3 Å². The standard InChI is InChI=1S/C11H16O6S/c1-3-16-10(12)9(11(13)17-4-2)8-5-6-18(14,15)7-8/h5-6,8-9H,3-4,7H2,1-2H3/t8-/m1/s1. The summed E-state index contributed by atoms with van der Waals surface area (Å²) in [5.41, 5.74) is 0. The van der Waals surface area contributed by atoms with Gasteiger partial charge in [0.15, 0.2) is 15.8 Å². The second-order valence-electron chi connectivity index (χ2n) is 3.80. The van der Waals surface area contributed by atoms with Gasteiger partial charge in [-0.3, -0.25) is 9.59 Å². The van der Waals surface area contributed by atoms with Crippen LogP contribution in [0.4, 0.5) is 0 Å². The Bertz CT molecular complexity index is 432. The Kier molecular flexibility index (Phi) is 4.89. The van der Waals surface area contributed by atoms with Crippen molar-refractivity contribution in [1.82, 2.24) is 0 Å². The van der Waals surface area contributed by atoms with E-state index in [4.69, 9.17) is 9.47 Å². The van der Waals surface area contributed by atoms with Crippen molar-refractivity contribution >= 4 is 21.8 Å². The summed E-state index contributed by atoms with van der Waals surface area (Å²) in [6.07, 6.45) is 1.34. The number of carbonyl (C=O) groups excluding carboxylic acids is 2. The van der Waals surface area contributed by atoms with E-state index in [1.54, 1.807) is 13.8 Å². The molecule has 0 amide bonds. The van der Waals surface area contributed by atoms with Crippen LogP contribution in [-0.4, -0.2) is 39.3 Å². The van der Waals surface area contributed by atoms with Crippen molar-refractivity contribution < 1.29 is 27.5 Å². The number of carbonyl (C=O) groups is 2. The Morgan fingerprint density at radius 3 is 2.06 bits per heavy atom. The second kappa shape index (κ2) is 5.99. The molecule has 0 spiro atoms. The third-order valence-electron chi connectivity index (χ3n) is 2.47. The lowest BCUT2D eigenvalue weighted by Gasteiger charge is -2.18. The third-order valence-corrected chi connectivity index (χ3v) is 3.89. The van der Waals surface area contributed by atoms with E-state index in [1.807, 2.05) is 0 Å². The summed E-state index contributed by atoms with van der Waals surface area (Å²) in [5, 5.41) is 1.02. The van der Waals surface area contributed by atoms with Gasteiger partial charge < -0.3 is 9.47 Å². The molecule has 0 aliphatic carbocycles. The molecule has 0 saturated carbocycles. The van der Waals surface area contributed by atoms with Gasteiger partial charge in [0.2, 0.25) is 0 Å². The number of sulfone groups is 1. The molecule has 1 atom stereocenters. The Labute approximate surface area is 106 Å². The summed E-state index contributed by atoms with van der Waals surface area (Å²) in [4.78, 5) is 23.4. The van der Waals surface area contributed by atoms with E-state index in [0.29, 0.717) is 0 Å². The molecule has 1 rings (SSSR count). The highest BCUT2D eigenvalue weighted by molar-refractivity contribution is 7.94. The number of esters is 2. The van der Waals surface area contributed by atoms with Gasteiger partial charge in [0.1, 0.15) is 0 Å². The van der Waals surface area contributed by atoms with Gasteiger partial charge in [-0.1, -0.05) is 6.08 Å². The molecule has 0 aromatic heterocycles. The summed E-state index contributed by atoms with van der Waals surface area (Å²) in [6.45, 7) is 3.47. The summed E-state index contributed by atoms with van der Waals surface area (Å²) < 4.78 is 32.2.